The Balaban J connectivity index is 1.61. The summed E-state index contributed by atoms with van der Waals surface area (Å²) in [5, 5.41) is 6.38. The lowest BCUT2D eigenvalue weighted by molar-refractivity contribution is -0.117. The topological polar surface area (TPSA) is 61.4 Å². The van der Waals surface area contributed by atoms with Gasteiger partial charge in [0.25, 0.3) is 5.91 Å². The van der Waals surface area contributed by atoms with Crippen LogP contribution in [0.4, 0.5) is 5.69 Å². The van der Waals surface area contributed by atoms with Gasteiger partial charge in [-0.3, -0.25) is 9.59 Å². The molecular weight excluding hydrogens is 338 g/mol. The van der Waals surface area contributed by atoms with Gasteiger partial charge >= 0.3 is 0 Å². The summed E-state index contributed by atoms with van der Waals surface area (Å²) in [6, 6.07) is 7.41. The Labute approximate surface area is 162 Å². The highest BCUT2D eigenvalue weighted by Crippen LogP contribution is 2.26. The third-order valence-electron chi connectivity index (χ3n) is 6.20. The van der Waals surface area contributed by atoms with E-state index < -0.39 is 0 Å². The number of hydrogen-bond donors (Lipinski definition) is 2. The largest absolute Gasteiger partial charge is 0.339 e. The van der Waals surface area contributed by atoms with Gasteiger partial charge in [0.1, 0.15) is 0 Å². The Morgan fingerprint density at radius 2 is 1.81 bits per heavy atom. The van der Waals surface area contributed by atoms with Gasteiger partial charge in [-0.25, -0.2) is 0 Å². The number of amides is 2. The Hall–Kier alpha value is -1.88. The number of nitrogens with one attached hydrogen (secondary N) is 2. The van der Waals surface area contributed by atoms with Crippen molar-refractivity contribution in [3.05, 3.63) is 29.8 Å². The van der Waals surface area contributed by atoms with Crippen LogP contribution < -0.4 is 10.6 Å². The molecule has 3 rings (SSSR count). The van der Waals surface area contributed by atoms with Crippen LogP contribution in [0.2, 0.25) is 0 Å². The minimum Gasteiger partial charge on any atom is -0.339 e. The molecule has 2 N–H and O–H groups in total. The maximum atomic E-state index is 12.9. The first-order chi connectivity index (χ1) is 13.0. The van der Waals surface area contributed by atoms with Gasteiger partial charge in [-0.05, 0) is 68.7 Å². The second-order valence-electron chi connectivity index (χ2n) is 8.34. The molecule has 5 heteroatoms. The average molecular weight is 372 g/mol. The zero-order valence-electron chi connectivity index (χ0n) is 16.7. The highest BCUT2D eigenvalue weighted by Gasteiger charge is 2.25. The third-order valence-corrected chi connectivity index (χ3v) is 6.20. The molecule has 0 saturated carbocycles. The second-order valence-corrected chi connectivity index (χ2v) is 8.34. The molecule has 27 heavy (non-hydrogen) atoms. The van der Waals surface area contributed by atoms with Crippen LogP contribution in [0.25, 0.3) is 0 Å². The normalized spacial score (nSPS) is 20.3. The number of carbonyl (C=O) groups is 2. The predicted octanol–water partition coefficient (Wildman–Crippen LogP) is 3.52. The van der Waals surface area contributed by atoms with Gasteiger partial charge in [0.15, 0.2) is 0 Å². The first kappa shape index (κ1) is 19.9. The number of para-hydroxylation sites is 1. The standard InChI is InChI=1S/C22H33N3O2/c1-16-9-13-25(14-10-16)22(27)19-5-3-4-6-20(19)24-21(26)15-17(2)18-7-11-23-12-8-18/h3-6,16-18,23H,7-15H2,1-2H3,(H,24,26). The fraction of sp³-hybridized carbons (Fsp3) is 0.636. The smallest absolute Gasteiger partial charge is 0.255 e. The van der Waals surface area contributed by atoms with E-state index in [2.05, 4.69) is 24.5 Å². The summed E-state index contributed by atoms with van der Waals surface area (Å²) in [6.45, 7) is 8.09. The van der Waals surface area contributed by atoms with Crippen molar-refractivity contribution in [2.45, 2.75) is 46.0 Å². The summed E-state index contributed by atoms with van der Waals surface area (Å²) in [4.78, 5) is 27.5. The lowest BCUT2D eigenvalue weighted by atomic mass is 9.84. The molecule has 2 aliphatic heterocycles. The molecule has 1 aromatic rings. The van der Waals surface area contributed by atoms with Crippen molar-refractivity contribution < 1.29 is 9.59 Å². The van der Waals surface area contributed by atoms with Gasteiger partial charge in [-0.15, -0.1) is 0 Å². The van der Waals surface area contributed by atoms with E-state index in [1.54, 1.807) is 0 Å². The number of carbonyl (C=O) groups excluding carboxylic acids is 2. The monoisotopic (exact) mass is 371 g/mol. The van der Waals surface area contributed by atoms with Crippen LogP contribution in [-0.4, -0.2) is 42.9 Å². The van der Waals surface area contributed by atoms with Crippen LogP contribution in [0, 0.1) is 17.8 Å². The summed E-state index contributed by atoms with van der Waals surface area (Å²) < 4.78 is 0. The maximum Gasteiger partial charge on any atom is 0.255 e. The van der Waals surface area contributed by atoms with E-state index in [0.717, 1.165) is 51.9 Å². The molecule has 0 aromatic heterocycles. The van der Waals surface area contributed by atoms with Crippen LogP contribution in [0.3, 0.4) is 0 Å². The molecule has 1 unspecified atom stereocenters. The Morgan fingerprint density at radius 3 is 2.52 bits per heavy atom. The SMILES string of the molecule is CC1CCN(C(=O)c2ccccc2NC(=O)CC(C)C2CCNCC2)CC1. The van der Waals surface area contributed by atoms with Gasteiger partial charge in [0, 0.05) is 19.5 Å². The van der Waals surface area contributed by atoms with Crippen LogP contribution >= 0.6 is 0 Å². The second kappa shape index (κ2) is 9.36. The lowest BCUT2D eigenvalue weighted by Gasteiger charge is -2.31. The van der Waals surface area contributed by atoms with Crippen molar-refractivity contribution in [1.29, 1.82) is 0 Å². The Kier molecular flexibility index (Phi) is 6.89. The van der Waals surface area contributed by atoms with E-state index in [4.69, 9.17) is 0 Å². The van der Waals surface area contributed by atoms with E-state index in [1.165, 1.54) is 0 Å². The van der Waals surface area contributed by atoms with Crippen molar-refractivity contribution in [3.63, 3.8) is 0 Å². The highest BCUT2D eigenvalue weighted by atomic mass is 16.2. The number of rotatable bonds is 5. The van der Waals surface area contributed by atoms with Crippen molar-refractivity contribution in [2.75, 3.05) is 31.5 Å². The molecular formula is C22H33N3O2. The van der Waals surface area contributed by atoms with E-state index in [9.17, 15) is 9.59 Å². The number of piperidine rings is 2. The highest BCUT2D eigenvalue weighted by molar-refractivity contribution is 6.03. The van der Waals surface area contributed by atoms with Crippen molar-refractivity contribution in [1.82, 2.24) is 10.2 Å². The van der Waals surface area contributed by atoms with E-state index in [-0.39, 0.29) is 11.8 Å². The zero-order chi connectivity index (χ0) is 19.2. The molecule has 148 valence electrons. The molecule has 0 spiro atoms. The number of anilines is 1. The molecule has 2 saturated heterocycles. The predicted molar refractivity (Wildman–Crippen MR) is 109 cm³/mol. The molecule has 2 amide bonds. The number of benzene rings is 1. The van der Waals surface area contributed by atoms with Gasteiger partial charge in [-0.1, -0.05) is 26.0 Å². The zero-order valence-corrected chi connectivity index (χ0v) is 16.7. The fourth-order valence-electron chi connectivity index (χ4n) is 4.23. The van der Waals surface area contributed by atoms with Crippen molar-refractivity contribution in [2.24, 2.45) is 17.8 Å². The van der Waals surface area contributed by atoms with Crippen LogP contribution in [0.5, 0.6) is 0 Å². The molecule has 2 heterocycles. The van der Waals surface area contributed by atoms with Gasteiger partial charge in [-0.2, -0.15) is 0 Å². The average Bonchev–Trinajstić information content (AvgIpc) is 2.69. The fourth-order valence-corrected chi connectivity index (χ4v) is 4.23. The molecule has 1 aromatic carbocycles. The first-order valence-electron chi connectivity index (χ1n) is 10.4. The molecule has 5 nitrogen and oxygen atoms in total. The summed E-state index contributed by atoms with van der Waals surface area (Å²) >= 11 is 0. The lowest BCUT2D eigenvalue weighted by Crippen LogP contribution is -2.38. The van der Waals surface area contributed by atoms with Gasteiger partial charge in [0.2, 0.25) is 5.91 Å². The van der Waals surface area contributed by atoms with Gasteiger partial charge in [0.05, 0.1) is 11.3 Å². The number of hydrogen-bond acceptors (Lipinski definition) is 3. The van der Waals surface area contributed by atoms with Crippen LogP contribution in [-0.2, 0) is 4.79 Å². The molecule has 0 radical (unpaired) electrons. The summed E-state index contributed by atoms with van der Waals surface area (Å²) in [7, 11) is 0. The van der Waals surface area contributed by atoms with Crippen LogP contribution in [0.15, 0.2) is 24.3 Å². The van der Waals surface area contributed by atoms with Gasteiger partial charge < -0.3 is 15.5 Å². The molecule has 1 atom stereocenters. The molecule has 0 aliphatic carbocycles. The Bertz CT molecular complexity index is 647. The van der Waals surface area contributed by atoms with E-state index in [0.29, 0.717) is 35.4 Å². The van der Waals surface area contributed by atoms with Crippen molar-refractivity contribution >= 4 is 17.5 Å². The quantitative estimate of drug-likeness (QED) is 0.832. The molecule has 2 aliphatic rings. The number of likely N-dealkylation sites (tertiary alicyclic amines) is 1. The minimum atomic E-state index is 0.00792. The van der Waals surface area contributed by atoms with E-state index in [1.807, 2.05) is 29.2 Å². The third kappa shape index (κ3) is 5.32. The minimum absolute atomic E-state index is 0.00792. The maximum absolute atomic E-state index is 12.9. The number of nitrogens with zero attached hydrogens (tertiary/aromatic N) is 1. The summed E-state index contributed by atoms with van der Waals surface area (Å²) in [5.41, 5.74) is 1.25. The Morgan fingerprint density at radius 1 is 1.15 bits per heavy atom. The first-order valence-corrected chi connectivity index (χ1v) is 10.4. The van der Waals surface area contributed by atoms with E-state index >= 15 is 0 Å². The van der Waals surface area contributed by atoms with Crippen LogP contribution in [0.1, 0.15) is 56.3 Å². The molecule has 0 bridgehead atoms. The molecule has 2 fully saturated rings. The van der Waals surface area contributed by atoms with Crippen molar-refractivity contribution in [3.8, 4) is 0 Å². The summed E-state index contributed by atoms with van der Waals surface area (Å²) in [5.74, 6) is 1.68. The summed E-state index contributed by atoms with van der Waals surface area (Å²) in [6.07, 6.45) is 4.88.